The number of aryl methyl sites for hydroxylation is 1. The van der Waals surface area contributed by atoms with Crippen LogP contribution in [0.5, 0.6) is 0 Å². The molecule has 0 aliphatic rings. The van der Waals surface area contributed by atoms with Crippen LogP contribution < -0.4 is 5.32 Å². The molecule has 1 aromatic carbocycles. The van der Waals surface area contributed by atoms with E-state index in [-0.39, 0.29) is 11.8 Å². The molecule has 2 N–H and O–H groups in total. The summed E-state index contributed by atoms with van der Waals surface area (Å²) in [6.45, 7) is 1.75. The minimum absolute atomic E-state index is 0.0658. The largest absolute Gasteiger partial charge is 0.438 e. The molecule has 0 saturated heterocycles. The predicted octanol–water partition coefficient (Wildman–Crippen LogP) is 2.72. The lowest BCUT2D eigenvalue weighted by molar-refractivity contribution is 0.0989. The topological polar surface area (TPSA) is 70.9 Å². The molecular weight excluding hydrogens is 230 g/mol. The van der Waals surface area contributed by atoms with Gasteiger partial charge in [0.2, 0.25) is 0 Å². The highest BCUT2D eigenvalue weighted by Crippen LogP contribution is 2.22. The maximum atomic E-state index is 11.9. The second-order valence-corrected chi connectivity index (χ2v) is 3.98. The molecule has 0 radical (unpaired) electrons. The number of fused-ring (bicyclic) bond motifs is 1. The van der Waals surface area contributed by atoms with Crippen LogP contribution in [-0.4, -0.2) is 15.9 Å². The van der Waals surface area contributed by atoms with Crippen LogP contribution in [0.15, 0.2) is 41.1 Å². The van der Waals surface area contributed by atoms with E-state index in [2.05, 4.69) is 15.3 Å². The van der Waals surface area contributed by atoms with Gasteiger partial charge in [0.1, 0.15) is 5.76 Å². The van der Waals surface area contributed by atoms with Crippen LogP contribution in [0.3, 0.4) is 0 Å². The van der Waals surface area contributed by atoms with Crippen LogP contribution in [0.1, 0.15) is 16.4 Å². The van der Waals surface area contributed by atoms with E-state index in [0.29, 0.717) is 11.4 Å². The van der Waals surface area contributed by atoms with Crippen molar-refractivity contribution in [3.8, 4) is 0 Å². The summed E-state index contributed by atoms with van der Waals surface area (Å²) >= 11 is 0. The van der Waals surface area contributed by atoms with E-state index in [1.165, 1.54) is 6.20 Å². The monoisotopic (exact) mass is 241 g/mol. The number of nitrogens with one attached hydrogen (secondary N) is 2. The molecule has 2 heterocycles. The summed E-state index contributed by atoms with van der Waals surface area (Å²) in [6, 6.07) is 7.62. The Bertz CT molecular complexity index is 712. The molecule has 0 saturated carbocycles. The van der Waals surface area contributed by atoms with Gasteiger partial charge in [0.05, 0.1) is 17.4 Å². The summed E-state index contributed by atoms with van der Waals surface area (Å²) in [6.07, 6.45) is 3.35. The molecule has 0 fully saturated rings. The van der Waals surface area contributed by atoms with E-state index in [4.69, 9.17) is 4.42 Å². The van der Waals surface area contributed by atoms with Gasteiger partial charge < -0.3 is 14.7 Å². The maximum Gasteiger partial charge on any atom is 0.311 e. The number of nitrogens with zero attached hydrogens (tertiary/aromatic N) is 1. The van der Waals surface area contributed by atoms with E-state index in [1.54, 1.807) is 6.92 Å². The summed E-state index contributed by atoms with van der Waals surface area (Å²) in [7, 11) is 0. The van der Waals surface area contributed by atoms with Crippen LogP contribution in [0.4, 0.5) is 5.69 Å². The summed E-state index contributed by atoms with van der Waals surface area (Å²) in [5.41, 5.74) is 1.59. The first-order chi connectivity index (χ1) is 8.74. The lowest BCUT2D eigenvalue weighted by Gasteiger charge is -2.03. The van der Waals surface area contributed by atoms with E-state index < -0.39 is 0 Å². The lowest BCUT2D eigenvalue weighted by atomic mass is 10.2. The van der Waals surface area contributed by atoms with Crippen molar-refractivity contribution in [3.63, 3.8) is 0 Å². The Morgan fingerprint density at radius 3 is 3.06 bits per heavy atom. The smallest absolute Gasteiger partial charge is 0.311 e. The second kappa shape index (κ2) is 4.03. The van der Waals surface area contributed by atoms with Gasteiger partial charge in [0.25, 0.3) is 5.89 Å². The first kappa shape index (κ1) is 10.6. The van der Waals surface area contributed by atoms with Crippen molar-refractivity contribution in [2.24, 2.45) is 0 Å². The number of aromatic amines is 1. The SMILES string of the molecule is Cc1cnc(C(=O)Nc2cccc3cc[nH]c23)o1. The number of H-pyrrole nitrogens is 1. The zero-order valence-electron chi connectivity index (χ0n) is 9.73. The summed E-state index contributed by atoms with van der Waals surface area (Å²) < 4.78 is 5.18. The van der Waals surface area contributed by atoms with Gasteiger partial charge in [0, 0.05) is 11.6 Å². The van der Waals surface area contributed by atoms with E-state index >= 15 is 0 Å². The van der Waals surface area contributed by atoms with Crippen LogP contribution >= 0.6 is 0 Å². The number of amides is 1. The molecule has 3 rings (SSSR count). The number of benzene rings is 1. The fourth-order valence-electron chi connectivity index (χ4n) is 1.82. The van der Waals surface area contributed by atoms with Gasteiger partial charge in [-0.1, -0.05) is 12.1 Å². The molecule has 90 valence electrons. The lowest BCUT2D eigenvalue weighted by Crippen LogP contribution is -2.12. The number of rotatable bonds is 2. The zero-order chi connectivity index (χ0) is 12.5. The molecule has 0 bridgehead atoms. The molecule has 2 aromatic heterocycles. The van der Waals surface area contributed by atoms with Gasteiger partial charge in [-0.05, 0) is 19.1 Å². The average Bonchev–Trinajstić information content (AvgIpc) is 2.97. The van der Waals surface area contributed by atoms with Crippen LogP contribution in [0.2, 0.25) is 0 Å². The number of hydrogen-bond acceptors (Lipinski definition) is 3. The van der Waals surface area contributed by atoms with Crippen molar-refractivity contribution in [1.29, 1.82) is 0 Å². The van der Waals surface area contributed by atoms with Crippen LogP contribution in [0.25, 0.3) is 10.9 Å². The minimum Gasteiger partial charge on any atom is -0.438 e. The van der Waals surface area contributed by atoms with Crippen molar-refractivity contribution in [1.82, 2.24) is 9.97 Å². The van der Waals surface area contributed by atoms with Crippen molar-refractivity contribution in [3.05, 3.63) is 48.3 Å². The molecule has 0 atom stereocenters. The highest BCUT2D eigenvalue weighted by atomic mass is 16.4. The normalized spacial score (nSPS) is 10.7. The maximum absolute atomic E-state index is 11.9. The fourth-order valence-corrected chi connectivity index (χ4v) is 1.82. The molecule has 3 aromatic rings. The fraction of sp³-hybridized carbons (Fsp3) is 0.0769. The molecule has 0 aliphatic carbocycles. The number of oxazole rings is 1. The Morgan fingerprint density at radius 2 is 2.28 bits per heavy atom. The predicted molar refractivity (Wildman–Crippen MR) is 67.5 cm³/mol. The molecule has 5 heteroatoms. The van der Waals surface area contributed by atoms with Crippen molar-refractivity contribution in [2.45, 2.75) is 6.92 Å². The first-order valence-corrected chi connectivity index (χ1v) is 5.54. The van der Waals surface area contributed by atoms with Crippen molar-refractivity contribution in [2.75, 3.05) is 5.32 Å². The number of aromatic nitrogens is 2. The standard InChI is InChI=1S/C13H11N3O2/c1-8-7-15-13(18-8)12(17)16-10-4-2-3-9-5-6-14-11(9)10/h2-7,14H,1H3,(H,16,17). The van der Waals surface area contributed by atoms with Crippen LogP contribution in [-0.2, 0) is 0 Å². The Labute approximate surface area is 103 Å². The highest BCUT2D eigenvalue weighted by molar-refractivity contribution is 6.06. The van der Waals surface area contributed by atoms with Crippen LogP contribution in [0, 0.1) is 6.92 Å². The highest BCUT2D eigenvalue weighted by Gasteiger charge is 2.13. The number of para-hydroxylation sites is 1. The van der Waals surface area contributed by atoms with E-state index in [9.17, 15) is 4.79 Å². The molecule has 0 spiro atoms. The summed E-state index contributed by atoms with van der Waals surface area (Å²) in [5, 5.41) is 3.81. The molecule has 1 amide bonds. The third kappa shape index (κ3) is 1.75. The second-order valence-electron chi connectivity index (χ2n) is 3.98. The summed E-state index contributed by atoms with van der Waals surface area (Å²) in [4.78, 5) is 18.9. The first-order valence-electron chi connectivity index (χ1n) is 5.54. The molecular formula is C13H11N3O2. The number of carbonyl (C=O) groups excluding carboxylic acids is 1. The van der Waals surface area contributed by atoms with Gasteiger partial charge in [0.15, 0.2) is 0 Å². The van der Waals surface area contributed by atoms with Gasteiger partial charge in [-0.15, -0.1) is 0 Å². The number of anilines is 1. The minimum atomic E-state index is -0.356. The van der Waals surface area contributed by atoms with Gasteiger partial charge in [-0.3, -0.25) is 4.79 Å². The number of hydrogen-bond donors (Lipinski definition) is 2. The van der Waals surface area contributed by atoms with E-state index in [0.717, 1.165) is 10.9 Å². The van der Waals surface area contributed by atoms with E-state index in [1.807, 2.05) is 30.5 Å². The molecule has 0 unspecified atom stereocenters. The van der Waals surface area contributed by atoms with Crippen molar-refractivity contribution < 1.29 is 9.21 Å². The van der Waals surface area contributed by atoms with Gasteiger partial charge in [-0.25, -0.2) is 4.98 Å². The third-order valence-corrected chi connectivity index (χ3v) is 2.65. The molecule has 0 aliphatic heterocycles. The quantitative estimate of drug-likeness (QED) is 0.724. The van der Waals surface area contributed by atoms with Gasteiger partial charge >= 0.3 is 5.91 Å². The zero-order valence-corrected chi connectivity index (χ0v) is 9.73. The Kier molecular flexibility index (Phi) is 2.37. The third-order valence-electron chi connectivity index (χ3n) is 2.65. The number of carbonyl (C=O) groups is 1. The average molecular weight is 241 g/mol. The van der Waals surface area contributed by atoms with Gasteiger partial charge in [-0.2, -0.15) is 0 Å². The summed E-state index contributed by atoms with van der Waals surface area (Å²) in [5.74, 6) is 0.319. The molecule has 18 heavy (non-hydrogen) atoms. The van der Waals surface area contributed by atoms with Crippen molar-refractivity contribution >= 4 is 22.5 Å². The Morgan fingerprint density at radius 1 is 1.39 bits per heavy atom. The molecule has 5 nitrogen and oxygen atoms in total. The Balaban J connectivity index is 1.92. The Hall–Kier alpha value is -2.56.